The van der Waals surface area contributed by atoms with Crippen LogP contribution in [-0.2, 0) is 15.0 Å². The van der Waals surface area contributed by atoms with Crippen LogP contribution in [0.1, 0.15) is 25.7 Å². The number of amides is 1. The van der Waals surface area contributed by atoms with Crippen molar-refractivity contribution in [1.29, 1.82) is 0 Å². The number of carbonyl (C=O) groups excluding carboxylic acids is 1. The van der Waals surface area contributed by atoms with Crippen molar-refractivity contribution in [2.24, 2.45) is 0 Å². The molecule has 2 aliphatic heterocycles. The van der Waals surface area contributed by atoms with Crippen molar-refractivity contribution in [3.05, 3.63) is 28.5 Å². The van der Waals surface area contributed by atoms with Gasteiger partial charge in [-0.25, -0.2) is 4.39 Å². The average Bonchev–Trinajstić information content (AvgIpc) is 2.97. The zero-order valence-electron chi connectivity index (χ0n) is 15.6. The average molecular weight is 478 g/mol. The third-order valence-corrected chi connectivity index (χ3v) is 7.58. The number of rotatable bonds is 5. The maximum Gasteiger partial charge on any atom is 0.282 e. The fraction of sp³-hybridized carbons (Fsp3) is 0.611. The molecule has 2 fully saturated rings. The zero-order valence-corrected chi connectivity index (χ0v) is 18.1. The lowest BCUT2D eigenvalue weighted by Crippen LogP contribution is -2.55. The molecule has 0 radical (unpaired) electrons. The van der Waals surface area contributed by atoms with Crippen LogP contribution in [0.4, 0.5) is 4.39 Å². The van der Waals surface area contributed by atoms with E-state index in [0.717, 1.165) is 25.7 Å². The summed E-state index contributed by atoms with van der Waals surface area (Å²) in [7, 11) is -3.48. The van der Waals surface area contributed by atoms with E-state index < -0.39 is 16.0 Å². The van der Waals surface area contributed by atoms with E-state index in [1.54, 1.807) is 15.3 Å². The van der Waals surface area contributed by atoms with Crippen LogP contribution in [0.25, 0.3) is 0 Å². The number of halogens is 2. The number of benzene rings is 1. The molecule has 1 aromatic carbocycles. The Kier molecular flexibility index (Phi) is 7.30. The molecule has 0 aromatic heterocycles. The summed E-state index contributed by atoms with van der Waals surface area (Å²) in [6, 6.07) is 4.36. The van der Waals surface area contributed by atoms with Crippen LogP contribution in [0, 0.1) is 5.82 Å². The van der Waals surface area contributed by atoms with Crippen LogP contribution in [0.5, 0.6) is 5.75 Å². The van der Waals surface area contributed by atoms with Gasteiger partial charge in [0.2, 0.25) is 0 Å². The summed E-state index contributed by atoms with van der Waals surface area (Å²) < 4.78 is 48.3. The van der Waals surface area contributed by atoms with Crippen LogP contribution in [0.15, 0.2) is 22.7 Å². The third kappa shape index (κ3) is 5.22. The summed E-state index contributed by atoms with van der Waals surface area (Å²) in [5, 5.41) is 0. The number of ether oxygens (including phenoxy) is 1. The quantitative estimate of drug-likeness (QED) is 0.651. The summed E-state index contributed by atoms with van der Waals surface area (Å²) in [5.74, 6) is -0.816. The highest BCUT2D eigenvalue weighted by Crippen LogP contribution is 2.22. The summed E-state index contributed by atoms with van der Waals surface area (Å²) in [6.45, 7) is 1.98. The van der Waals surface area contributed by atoms with Crippen molar-refractivity contribution < 1.29 is 22.3 Å². The highest BCUT2D eigenvalue weighted by Gasteiger charge is 2.33. The lowest BCUT2D eigenvalue weighted by Gasteiger charge is -2.36. The summed E-state index contributed by atoms with van der Waals surface area (Å²) >= 11 is 3.17. The van der Waals surface area contributed by atoms with Gasteiger partial charge < -0.3 is 9.64 Å². The van der Waals surface area contributed by atoms with Crippen LogP contribution in [-0.4, -0.2) is 73.7 Å². The molecule has 2 aliphatic rings. The molecule has 0 spiro atoms. The fourth-order valence-electron chi connectivity index (χ4n) is 3.43. The van der Waals surface area contributed by atoms with Gasteiger partial charge in [0.15, 0.2) is 18.2 Å². The molecule has 10 heteroatoms. The van der Waals surface area contributed by atoms with Gasteiger partial charge in [-0.2, -0.15) is 17.0 Å². The van der Waals surface area contributed by atoms with E-state index >= 15 is 0 Å². The Morgan fingerprint density at radius 3 is 2.21 bits per heavy atom. The second-order valence-electron chi connectivity index (χ2n) is 6.96. The first-order valence-electron chi connectivity index (χ1n) is 9.49. The van der Waals surface area contributed by atoms with Crippen molar-refractivity contribution in [2.45, 2.75) is 25.7 Å². The zero-order chi connectivity index (χ0) is 20.1. The molecular formula is C18H25BrFN3O4S. The Labute approximate surface area is 173 Å². The number of hydrogen-bond donors (Lipinski definition) is 0. The predicted molar refractivity (Wildman–Crippen MR) is 107 cm³/mol. The highest BCUT2D eigenvalue weighted by atomic mass is 79.9. The Morgan fingerprint density at radius 2 is 1.61 bits per heavy atom. The maximum absolute atomic E-state index is 13.8. The number of nitrogens with zero attached hydrogens (tertiary/aromatic N) is 3. The van der Waals surface area contributed by atoms with Gasteiger partial charge in [-0.15, -0.1) is 0 Å². The lowest BCUT2D eigenvalue weighted by atomic mass is 10.2. The van der Waals surface area contributed by atoms with Crippen molar-refractivity contribution in [1.82, 2.24) is 13.5 Å². The van der Waals surface area contributed by atoms with E-state index in [0.29, 0.717) is 30.7 Å². The van der Waals surface area contributed by atoms with Crippen LogP contribution >= 0.6 is 15.9 Å². The lowest BCUT2D eigenvalue weighted by molar-refractivity contribution is -0.134. The molecule has 3 rings (SSSR count). The van der Waals surface area contributed by atoms with Crippen molar-refractivity contribution in [3.63, 3.8) is 0 Å². The van der Waals surface area contributed by atoms with Gasteiger partial charge in [0, 0.05) is 43.7 Å². The van der Waals surface area contributed by atoms with E-state index in [1.807, 2.05) is 0 Å². The highest BCUT2D eigenvalue weighted by molar-refractivity contribution is 9.10. The van der Waals surface area contributed by atoms with Gasteiger partial charge in [0.25, 0.3) is 16.1 Å². The third-order valence-electron chi connectivity index (χ3n) is 5.05. The van der Waals surface area contributed by atoms with E-state index in [4.69, 9.17) is 4.74 Å². The van der Waals surface area contributed by atoms with Crippen LogP contribution in [0.2, 0.25) is 0 Å². The molecule has 0 bridgehead atoms. The van der Waals surface area contributed by atoms with Crippen molar-refractivity contribution >= 4 is 32.0 Å². The SMILES string of the molecule is O=C(COc1ccc(Br)cc1F)N1CCN(S(=O)(=O)N2CCCCCC2)CC1. The molecule has 0 saturated carbocycles. The molecule has 2 heterocycles. The summed E-state index contributed by atoms with van der Waals surface area (Å²) in [5.41, 5.74) is 0. The summed E-state index contributed by atoms with van der Waals surface area (Å²) in [6.07, 6.45) is 3.91. The van der Waals surface area contributed by atoms with Gasteiger partial charge in [0.05, 0.1) is 0 Å². The van der Waals surface area contributed by atoms with Crippen LogP contribution < -0.4 is 4.74 Å². The fourth-order valence-corrected chi connectivity index (χ4v) is 5.43. The topological polar surface area (TPSA) is 70.2 Å². The molecule has 156 valence electrons. The largest absolute Gasteiger partial charge is 0.481 e. The minimum Gasteiger partial charge on any atom is -0.481 e. The maximum atomic E-state index is 13.8. The second kappa shape index (κ2) is 9.51. The van der Waals surface area contributed by atoms with Gasteiger partial charge in [-0.3, -0.25) is 4.79 Å². The molecule has 1 amide bonds. The molecule has 7 nitrogen and oxygen atoms in total. The van der Waals surface area contributed by atoms with Gasteiger partial charge in [-0.1, -0.05) is 28.8 Å². The van der Waals surface area contributed by atoms with E-state index in [1.165, 1.54) is 16.4 Å². The Balaban J connectivity index is 1.50. The molecule has 1 aromatic rings. The second-order valence-corrected chi connectivity index (χ2v) is 9.81. The van der Waals surface area contributed by atoms with Crippen LogP contribution in [0.3, 0.4) is 0 Å². The monoisotopic (exact) mass is 477 g/mol. The van der Waals surface area contributed by atoms with Crippen molar-refractivity contribution in [3.8, 4) is 5.75 Å². The Morgan fingerprint density at radius 1 is 1.00 bits per heavy atom. The van der Waals surface area contributed by atoms with E-state index in [2.05, 4.69) is 15.9 Å². The van der Waals surface area contributed by atoms with Crippen molar-refractivity contribution in [2.75, 3.05) is 45.9 Å². The standard InChI is InChI=1S/C18H25BrFN3O4S/c19-15-5-6-17(16(20)13-15)27-14-18(24)21-9-11-23(12-10-21)28(25,26)22-7-3-1-2-4-8-22/h5-6,13H,1-4,7-12,14H2. The number of piperazine rings is 1. The predicted octanol–water partition coefficient (Wildman–Crippen LogP) is 2.23. The molecule has 2 saturated heterocycles. The molecular weight excluding hydrogens is 453 g/mol. The smallest absolute Gasteiger partial charge is 0.282 e. The minimum atomic E-state index is -3.48. The van der Waals surface area contributed by atoms with E-state index in [-0.39, 0.29) is 31.4 Å². The number of carbonyl (C=O) groups is 1. The Bertz CT molecular complexity index is 792. The van der Waals surface area contributed by atoms with E-state index in [9.17, 15) is 17.6 Å². The molecule has 0 unspecified atom stereocenters. The molecule has 0 aliphatic carbocycles. The molecule has 0 N–H and O–H groups in total. The van der Waals surface area contributed by atoms with Gasteiger partial charge in [-0.05, 0) is 31.0 Å². The Hall–Kier alpha value is -1.23. The summed E-state index contributed by atoms with van der Waals surface area (Å²) in [4.78, 5) is 13.9. The first kappa shape index (κ1) is 21.5. The normalized spacial score (nSPS) is 20.0. The van der Waals surface area contributed by atoms with Gasteiger partial charge >= 0.3 is 0 Å². The van der Waals surface area contributed by atoms with Gasteiger partial charge in [0.1, 0.15) is 0 Å². The molecule has 28 heavy (non-hydrogen) atoms. The first-order chi connectivity index (χ1) is 13.4. The number of hydrogen-bond acceptors (Lipinski definition) is 4. The minimum absolute atomic E-state index is 0.0129. The molecule has 0 atom stereocenters. The first-order valence-corrected chi connectivity index (χ1v) is 11.7.